The van der Waals surface area contributed by atoms with Crippen molar-refractivity contribution in [1.29, 1.82) is 0 Å². The summed E-state index contributed by atoms with van der Waals surface area (Å²) in [7, 11) is 1.67. The summed E-state index contributed by atoms with van der Waals surface area (Å²) in [5.74, 6) is 1.63. The highest BCUT2D eigenvalue weighted by Crippen LogP contribution is 2.43. The molecular formula is C36H33ClN2O4. The molecule has 0 amide bonds. The van der Waals surface area contributed by atoms with E-state index in [0.717, 1.165) is 46.8 Å². The lowest BCUT2D eigenvalue weighted by molar-refractivity contribution is 0.0222. The second-order valence-corrected chi connectivity index (χ2v) is 10.8. The fourth-order valence-corrected chi connectivity index (χ4v) is 5.22. The van der Waals surface area contributed by atoms with Crippen LogP contribution in [0, 0.1) is 0 Å². The summed E-state index contributed by atoms with van der Waals surface area (Å²) in [6.45, 7) is 2.88. The second kappa shape index (κ2) is 13.6. The number of ether oxygens (including phenoxy) is 4. The van der Waals surface area contributed by atoms with Crippen LogP contribution in [0.3, 0.4) is 0 Å². The van der Waals surface area contributed by atoms with Crippen molar-refractivity contribution in [2.24, 2.45) is 0 Å². The summed E-state index contributed by atoms with van der Waals surface area (Å²) >= 11 is 6.94. The van der Waals surface area contributed by atoms with E-state index in [4.69, 9.17) is 35.5 Å². The molecule has 0 saturated carbocycles. The van der Waals surface area contributed by atoms with E-state index in [1.54, 1.807) is 7.11 Å². The molecule has 0 spiro atoms. The lowest BCUT2D eigenvalue weighted by Crippen LogP contribution is -2.52. The molecule has 7 heteroatoms. The molecule has 0 aliphatic carbocycles. The predicted octanol–water partition coefficient (Wildman–Crippen LogP) is 7.97. The first-order valence-electron chi connectivity index (χ1n) is 14.3. The van der Waals surface area contributed by atoms with Gasteiger partial charge in [-0.2, -0.15) is 4.98 Å². The Hall–Kier alpha value is -4.52. The van der Waals surface area contributed by atoms with Crippen LogP contribution in [0.15, 0.2) is 115 Å². The zero-order valence-corrected chi connectivity index (χ0v) is 24.7. The van der Waals surface area contributed by atoms with E-state index in [0.29, 0.717) is 36.6 Å². The maximum absolute atomic E-state index is 6.94. The van der Waals surface area contributed by atoms with Gasteiger partial charge in [-0.25, -0.2) is 0 Å². The summed E-state index contributed by atoms with van der Waals surface area (Å²) < 4.78 is 24.2. The van der Waals surface area contributed by atoms with Gasteiger partial charge in [-0.05, 0) is 34.9 Å². The lowest BCUT2D eigenvalue weighted by Gasteiger charge is -2.41. The van der Waals surface area contributed by atoms with Crippen LogP contribution in [0.25, 0.3) is 11.1 Å². The number of benzene rings is 4. The van der Waals surface area contributed by atoms with Crippen molar-refractivity contribution in [1.82, 2.24) is 4.98 Å². The Morgan fingerprint density at radius 3 is 1.88 bits per heavy atom. The van der Waals surface area contributed by atoms with E-state index in [-0.39, 0.29) is 6.10 Å². The molecule has 6 nitrogen and oxygen atoms in total. The van der Waals surface area contributed by atoms with Crippen LogP contribution in [-0.4, -0.2) is 31.3 Å². The number of hydrogen-bond acceptors (Lipinski definition) is 6. The number of halogens is 1. The standard InChI is InChI=1S/C36H33ClN2O4/c1-40-34-19-31(32(37)20-33(34)39-21-29(22-39)41-23-26-11-5-2-6-12-26)30-17-18-35(42-24-27-13-7-3-8-14-27)38-36(30)43-25-28-15-9-4-10-16-28/h2-20,29H,21-25H2,1H3. The number of methoxy groups -OCH3 is 1. The zero-order chi connectivity index (χ0) is 29.4. The smallest absolute Gasteiger partial charge is 0.225 e. The first-order chi connectivity index (χ1) is 21.2. The molecule has 0 unspecified atom stereocenters. The van der Waals surface area contributed by atoms with Gasteiger partial charge in [0.05, 0.1) is 30.5 Å². The molecule has 0 bridgehead atoms. The van der Waals surface area contributed by atoms with Gasteiger partial charge in [0.25, 0.3) is 0 Å². The molecule has 4 aromatic carbocycles. The first-order valence-corrected chi connectivity index (χ1v) is 14.7. The maximum atomic E-state index is 6.94. The lowest BCUT2D eigenvalue weighted by atomic mass is 10.0. The third kappa shape index (κ3) is 7.11. The van der Waals surface area contributed by atoms with Crippen molar-refractivity contribution < 1.29 is 18.9 Å². The quantitative estimate of drug-likeness (QED) is 0.146. The number of rotatable bonds is 12. The Bertz CT molecular complexity index is 1630. The minimum Gasteiger partial charge on any atom is -0.495 e. The molecule has 0 atom stereocenters. The van der Waals surface area contributed by atoms with Crippen LogP contribution in [0.5, 0.6) is 17.5 Å². The topological polar surface area (TPSA) is 53.0 Å². The molecule has 1 fully saturated rings. The normalized spacial score (nSPS) is 12.9. The summed E-state index contributed by atoms with van der Waals surface area (Å²) in [5.41, 5.74) is 5.71. The third-order valence-corrected chi connectivity index (χ3v) is 7.67. The second-order valence-electron chi connectivity index (χ2n) is 10.4. The van der Waals surface area contributed by atoms with Gasteiger partial charge in [0.1, 0.15) is 19.0 Å². The van der Waals surface area contributed by atoms with E-state index in [9.17, 15) is 0 Å². The van der Waals surface area contributed by atoms with Crippen molar-refractivity contribution in [3.8, 4) is 28.6 Å². The Labute approximate surface area is 257 Å². The average Bonchev–Trinajstić information content (AvgIpc) is 3.04. The molecule has 1 aliphatic heterocycles. The van der Waals surface area contributed by atoms with Crippen LogP contribution in [0.1, 0.15) is 16.7 Å². The van der Waals surface area contributed by atoms with Crippen LogP contribution in [-0.2, 0) is 24.6 Å². The fourth-order valence-electron chi connectivity index (χ4n) is 4.96. The van der Waals surface area contributed by atoms with Gasteiger partial charge >= 0.3 is 0 Å². The van der Waals surface area contributed by atoms with Gasteiger partial charge in [0.2, 0.25) is 11.8 Å². The fraction of sp³-hybridized carbons (Fsp3) is 0.194. The van der Waals surface area contributed by atoms with E-state index in [2.05, 4.69) is 17.0 Å². The Balaban J connectivity index is 1.21. The van der Waals surface area contributed by atoms with Crippen molar-refractivity contribution in [2.75, 3.05) is 25.1 Å². The number of hydrogen-bond donors (Lipinski definition) is 0. The largest absolute Gasteiger partial charge is 0.495 e. The van der Waals surface area contributed by atoms with Gasteiger partial charge in [-0.1, -0.05) is 103 Å². The minimum atomic E-state index is 0.147. The van der Waals surface area contributed by atoms with Crippen molar-refractivity contribution in [3.05, 3.63) is 137 Å². The number of nitrogens with zero attached hydrogens (tertiary/aromatic N) is 2. The molecule has 5 aromatic rings. The molecule has 1 aliphatic rings. The van der Waals surface area contributed by atoms with E-state index in [1.165, 1.54) is 5.56 Å². The van der Waals surface area contributed by atoms with Gasteiger partial charge in [-0.3, -0.25) is 0 Å². The van der Waals surface area contributed by atoms with Crippen LogP contribution < -0.4 is 19.1 Å². The van der Waals surface area contributed by atoms with Gasteiger partial charge in [0.15, 0.2) is 0 Å². The zero-order valence-electron chi connectivity index (χ0n) is 24.0. The Morgan fingerprint density at radius 1 is 0.698 bits per heavy atom. The molecule has 0 N–H and O–H groups in total. The summed E-state index contributed by atoms with van der Waals surface area (Å²) in [5, 5.41) is 0.578. The highest BCUT2D eigenvalue weighted by molar-refractivity contribution is 6.33. The van der Waals surface area contributed by atoms with E-state index >= 15 is 0 Å². The third-order valence-electron chi connectivity index (χ3n) is 7.36. The molecule has 43 heavy (non-hydrogen) atoms. The monoisotopic (exact) mass is 592 g/mol. The molecule has 1 aromatic heterocycles. The Kier molecular flexibility index (Phi) is 9.07. The summed E-state index contributed by atoms with van der Waals surface area (Å²) in [4.78, 5) is 6.96. The van der Waals surface area contributed by atoms with Gasteiger partial charge in [-0.15, -0.1) is 0 Å². The number of pyridine rings is 1. The SMILES string of the molecule is COc1cc(-c2ccc(OCc3ccccc3)nc2OCc2ccccc2)c(Cl)cc1N1CC(OCc2ccccc2)C1. The highest BCUT2D eigenvalue weighted by Gasteiger charge is 2.30. The van der Waals surface area contributed by atoms with E-state index < -0.39 is 0 Å². The van der Waals surface area contributed by atoms with Crippen LogP contribution >= 0.6 is 11.6 Å². The van der Waals surface area contributed by atoms with Gasteiger partial charge in [0, 0.05) is 30.3 Å². The molecule has 0 radical (unpaired) electrons. The number of aromatic nitrogens is 1. The maximum Gasteiger partial charge on any atom is 0.225 e. The van der Waals surface area contributed by atoms with Crippen molar-refractivity contribution >= 4 is 17.3 Å². The average molecular weight is 593 g/mol. The van der Waals surface area contributed by atoms with Crippen LogP contribution in [0.4, 0.5) is 5.69 Å². The molecule has 218 valence electrons. The highest BCUT2D eigenvalue weighted by atomic mass is 35.5. The minimum absolute atomic E-state index is 0.147. The van der Waals surface area contributed by atoms with E-state index in [1.807, 2.05) is 103 Å². The summed E-state index contributed by atoms with van der Waals surface area (Å²) in [6, 6.07) is 37.9. The molecule has 6 rings (SSSR count). The first kappa shape index (κ1) is 28.6. The van der Waals surface area contributed by atoms with Crippen molar-refractivity contribution in [3.63, 3.8) is 0 Å². The Morgan fingerprint density at radius 2 is 1.28 bits per heavy atom. The van der Waals surface area contributed by atoms with Gasteiger partial charge < -0.3 is 23.8 Å². The van der Waals surface area contributed by atoms with Crippen LogP contribution in [0.2, 0.25) is 5.02 Å². The number of anilines is 1. The molecule has 2 heterocycles. The molecular weight excluding hydrogens is 560 g/mol. The molecule has 1 saturated heterocycles. The predicted molar refractivity (Wildman–Crippen MR) is 170 cm³/mol. The summed E-state index contributed by atoms with van der Waals surface area (Å²) in [6.07, 6.45) is 0.147. The van der Waals surface area contributed by atoms with Crippen molar-refractivity contribution in [2.45, 2.75) is 25.9 Å².